The molecule has 2 heterocycles. The van der Waals surface area contributed by atoms with Crippen molar-refractivity contribution in [3.63, 3.8) is 0 Å². The van der Waals surface area contributed by atoms with E-state index < -0.39 is 5.91 Å². The van der Waals surface area contributed by atoms with E-state index in [-0.39, 0.29) is 18.0 Å². The minimum absolute atomic E-state index is 0.0780. The first-order valence-corrected chi connectivity index (χ1v) is 8.89. The zero-order valence-corrected chi connectivity index (χ0v) is 15.5. The molecule has 138 valence electrons. The number of benzene rings is 1. The average Bonchev–Trinajstić information content (AvgIpc) is 3.09. The van der Waals surface area contributed by atoms with E-state index in [2.05, 4.69) is 25.6 Å². The van der Waals surface area contributed by atoms with Crippen molar-refractivity contribution in [3.8, 4) is 5.75 Å². The van der Waals surface area contributed by atoms with E-state index >= 15 is 0 Å². The van der Waals surface area contributed by atoms with Gasteiger partial charge >= 0.3 is 0 Å². The van der Waals surface area contributed by atoms with Crippen molar-refractivity contribution in [3.05, 3.63) is 59.1 Å². The molecular weight excluding hydrogens is 366 g/mol. The van der Waals surface area contributed by atoms with Crippen molar-refractivity contribution in [2.75, 3.05) is 17.7 Å². The summed E-state index contributed by atoms with van der Waals surface area (Å²) in [5.41, 5.74) is 2.36. The third-order valence-corrected chi connectivity index (χ3v) is 4.35. The molecule has 0 aliphatic heterocycles. The Hall–Kier alpha value is -3.33. The van der Waals surface area contributed by atoms with Crippen molar-refractivity contribution < 1.29 is 14.3 Å². The maximum absolute atomic E-state index is 12.3. The number of hydrogen-bond donors (Lipinski definition) is 2. The number of carbonyl (C=O) groups excluding carboxylic acids is 2. The summed E-state index contributed by atoms with van der Waals surface area (Å²) in [5.74, 6) is -0.0434. The number of nitrogens with zero attached hydrogens (tertiary/aromatic N) is 3. The van der Waals surface area contributed by atoms with Gasteiger partial charge in [-0.2, -0.15) is 0 Å². The van der Waals surface area contributed by atoms with Gasteiger partial charge in [0.15, 0.2) is 5.13 Å². The van der Waals surface area contributed by atoms with Gasteiger partial charge in [0, 0.05) is 17.8 Å². The van der Waals surface area contributed by atoms with Gasteiger partial charge in [-0.25, -0.2) is 9.97 Å². The van der Waals surface area contributed by atoms with E-state index in [1.807, 2.05) is 19.1 Å². The second-order valence-corrected chi connectivity index (χ2v) is 6.48. The fraction of sp³-hybridized carbons (Fsp3) is 0.167. The lowest BCUT2D eigenvalue weighted by Gasteiger charge is -2.10. The summed E-state index contributed by atoms with van der Waals surface area (Å²) >= 11 is 1.24. The molecule has 0 aliphatic rings. The molecular formula is C18H17N5O3S. The molecule has 0 unspecified atom stereocenters. The third-order valence-electron chi connectivity index (χ3n) is 3.54. The van der Waals surface area contributed by atoms with Crippen LogP contribution >= 0.6 is 11.3 Å². The summed E-state index contributed by atoms with van der Waals surface area (Å²) in [4.78, 5) is 36.4. The highest BCUT2D eigenvalue weighted by atomic mass is 32.1. The number of hydrogen-bond acceptors (Lipinski definition) is 7. The van der Waals surface area contributed by atoms with Gasteiger partial charge in [0.05, 0.1) is 31.1 Å². The van der Waals surface area contributed by atoms with Crippen LogP contribution in [-0.2, 0) is 11.2 Å². The maximum Gasteiger partial charge on any atom is 0.277 e. The molecule has 0 saturated carbocycles. The first-order valence-electron chi connectivity index (χ1n) is 8.01. The topological polar surface area (TPSA) is 106 Å². The summed E-state index contributed by atoms with van der Waals surface area (Å²) in [6.07, 6.45) is 4.37. The molecule has 0 aliphatic carbocycles. The molecule has 2 amide bonds. The minimum Gasteiger partial charge on any atom is -0.495 e. The maximum atomic E-state index is 12.3. The predicted octanol–water partition coefficient (Wildman–Crippen LogP) is 2.68. The van der Waals surface area contributed by atoms with Gasteiger partial charge < -0.3 is 10.1 Å². The highest BCUT2D eigenvalue weighted by Gasteiger charge is 2.13. The van der Waals surface area contributed by atoms with Crippen molar-refractivity contribution in [1.29, 1.82) is 0 Å². The zero-order chi connectivity index (χ0) is 19.2. The lowest BCUT2D eigenvalue weighted by atomic mass is 10.2. The van der Waals surface area contributed by atoms with Gasteiger partial charge in [0.2, 0.25) is 5.91 Å². The molecule has 0 radical (unpaired) electrons. The molecule has 0 spiro atoms. The van der Waals surface area contributed by atoms with Gasteiger partial charge in [-0.05, 0) is 24.6 Å². The quantitative estimate of drug-likeness (QED) is 0.678. The Morgan fingerprint density at radius 2 is 2.07 bits per heavy atom. The van der Waals surface area contributed by atoms with Crippen LogP contribution in [0.4, 0.5) is 10.8 Å². The summed E-state index contributed by atoms with van der Waals surface area (Å²) in [6.45, 7) is 1.93. The number of methoxy groups -OCH3 is 1. The van der Waals surface area contributed by atoms with E-state index in [1.54, 1.807) is 18.6 Å². The molecule has 0 bridgehead atoms. The molecule has 0 fully saturated rings. The molecule has 8 nitrogen and oxygen atoms in total. The van der Waals surface area contributed by atoms with Crippen LogP contribution < -0.4 is 15.4 Å². The summed E-state index contributed by atoms with van der Waals surface area (Å²) in [6, 6.07) is 5.54. The Balaban J connectivity index is 1.61. The highest BCUT2D eigenvalue weighted by molar-refractivity contribution is 7.14. The van der Waals surface area contributed by atoms with E-state index in [1.165, 1.54) is 29.9 Å². The number of ether oxygens (including phenoxy) is 1. The molecule has 1 aromatic carbocycles. The van der Waals surface area contributed by atoms with Crippen LogP contribution in [0.1, 0.15) is 21.7 Å². The molecule has 3 rings (SSSR count). The van der Waals surface area contributed by atoms with Crippen molar-refractivity contribution in [2.45, 2.75) is 13.3 Å². The molecule has 27 heavy (non-hydrogen) atoms. The van der Waals surface area contributed by atoms with Gasteiger partial charge in [-0.3, -0.25) is 19.9 Å². The second kappa shape index (κ2) is 8.37. The molecule has 0 atom stereocenters. The normalized spacial score (nSPS) is 10.3. The summed E-state index contributed by atoms with van der Waals surface area (Å²) in [7, 11) is 1.55. The first kappa shape index (κ1) is 18.5. The molecule has 2 N–H and O–H groups in total. The van der Waals surface area contributed by atoms with Crippen LogP contribution in [0.15, 0.2) is 42.2 Å². The van der Waals surface area contributed by atoms with Crippen LogP contribution in [-0.4, -0.2) is 33.9 Å². The van der Waals surface area contributed by atoms with Crippen molar-refractivity contribution in [2.24, 2.45) is 0 Å². The predicted molar refractivity (Wildman–Crippen MR) is 102 cm³/mol. The number of amides is 2. The molecule has 0 saturated heterocycles. The fourth-order valence-corrected chi connectivity index (χ4v) is 3.01. The number of anilines is 2. The Morgan fingerprint density at radius 1 is 1.22 bits per heavy atom. The largest absolute Gasteiger partial charge is 0.495 e. The standard InChI is InChI=1S/C18H17N5O3S/c1-11-3-4-15(26-2)13(7-11)22-16(24)8-12-10-27-18(21-12)23-17(25)14-9-19-5-6-20-14/h3-7,9-10H,8H2,1-2H3,(H,22,24)(H,21,23,25). The molecule has 9 heteroatoms. The fourth-order valence-electron chi connectivity index (χ4n) is 2.30. The van der Waals surface area contributed by atoms with Gasteiger partial charge in [0.25, 0.3) is 5.91 Å². The zero-order valence-electron chi connectivity index (χ0n) is 14.7. The van der Waals surface area contributed by atoms with Gasteiger partial charge in [-0.1, -0.05) is 6.07 Å². The van der Waals surface area contributed by atoms with Crippen LogP contribution in [0.25, 0.3) is 0 Å². The van der Waals surface area contributed by atoms with Crippen molar-refractivity contribution in [1.82, 2.24) is 15.0 Å². The monoisotopic (exact) mass is 383 g/mol. The number of carbonyl (C=O) groups is 2. The smallest absolute Gasteiger partial charge is 0.277 e. The van der Waals surface area contributed by atoms with Gasteiger partial charge in [0.1, 0.15) is 11.4 Å². The Kier molecular flexibility index (Phi) is 5.72. The number of aryl methyl sites for hydroxylation is 1. The summed E-state index contributed by atoms with van der Waals surface area (Å²) < 4.78 is 5.25. The van der Waals surface area contributed by atoms with Crippen molar-refractivity contribution >= 4 is 34.0 Å². The third kappa shape index (κ3) is 4.85. The molecule has 3 aromatic rings. The average molecular weight is 383 g/mol. The number of rotatable bonds is 6. The first-order chi connectivity index (χ1) is 13.0. The van der Waals surface area contributed by atoms with E-state index in [4.69, 9.17) is 4.74 Å². The highest BCUT2D eigenvalue weighted by Crippen LogP contribution is 2.25. The lowest BCUT2D eigenvalue weighted by Crippen LogP contribution is -2.16. The SMILES string of the molecule is COc1ccc(C)cc1NC(=O)Cc1csc(NC(=O)c2cnccn2)n1. The Bertz CT molecular complexity index is 959. The lowest BCUT2D eigenvalue weighted by molar-refractivity contribution is -0.115. The van der Waals surface area contributed by atoms with Crippen LogP contribution in [0.3, 0.4) is 0 Å². The Morgan fingerprint density at radius 3 is 2.81 bits per heavy atom. The van der Waals surface area contributed by atoms with Crippen LogP contribution in [0.5, 0.6) is 5.75 Å². The number of thiazole rings is 1. The van der Waals surface area contributed by atoms with Gasteiger partial charge in [-0.15, -0.1) is 11.3 Å². The van der Waals surface area contributed by atoms with Crippen LogP contribution in [0.2, 0.25) is 0 Å². The van der Waals surface area contributed by atoms with E-state index in [9.17, 15) is 9.59 Å². The van der Waals surface area contributed by atoms with E-state index in [0.717, 1.165) is 5.56 Å². The Labute approximate surface area is 159 Å². The number of aromatic nitrogens is 3. The number of nitrogens with one attached hydrogen (secondary N) is 2. The van der Waals surface area contributed by atoms with Crippen LogP contribution in [0, 0.1) is 6.92 Å². The summed E-state index contributed by atoms with van der Waals surface area (Å²) in [5, 5.41) is 7.58. The van der Waals surface area contributed by atoms with E-state index in [0.29, 0.717) is 22.3 Å². The molecule has 2 aromatic heterocycles. The second-order valence-electron chi connectivity index (χ2n) is 5.62. The minimum atomic E-state index is -0.405.